The van der Waals surface area contributed by atoms with Crippen LogP contribution in [0.3, 0.4) is 0 Å². The smallest absolute Gasteiger partial charge is 0.408 e. The Morgan fingerprint density at radius 3 is 2.67 bits per heavy atom. The van der Waals surface area contributed by atoms with Crippen molar-refractivity contribution in [3.63, 3.8) is 0 Å². The van der Waals surface area contributed by atoms with Crippen LogP contribution in [0, 0.1) is 0 Å². The van der Waals surface area contributed by atoms with E-state index in [0.29, 0.717) is 10.7 Å². The Morgan fingerprint density at radius 2 is 2.19 bits per heavy atom. The van der Waals surface area contributed by atoms with Gasteiger partial charge in [0, 0.05) is 5.38 Å². The number of hydrogen-bond acceptors (Lipinski definition) is 7. The van der Waals surface area contributed by atoms with Crippen LogP contribution in [0.25, 0.3) is 0 Å². The van der Waals surface area contributed by atoms with Gasteiger partial charge in [0.25, 0.3) is 0 Å². The lowest BCUT2D eigenvalue weighted by Crippen LogP contribution is -2.37. The van der Waals surface area contributed by atoms with Gasteiger partial charge in [0.15, 0.2) is 0 Å². The Morgan fingerprint density at radius 1 is 1.52 bits per heavy atom. The molecule has 1 rings (SSSR count). The van der Waals surface area contributed by atoms with E-state index < -0.39 is 23.8 Å². The number of rotatable bonds is 5. The molecule has 0 aliphatic carbocycles. The van der Waals surface area contributed by atoms with Crippen molar-refractivity contribution in [1.82, 2.24) is 10.3 Å². The largest absolute Gasteiger partial charge is 0.447 e. The lowest BCUT2D eigenvalue weighted by Gasteiger charge is -2.22. The molecule has 1 atom stereocenters. The van der Waals surface area contributed by atoms with E-state index in [0.717, 1.165) is 0 Å². The number of aliphatic hydroxyl groups is 1. The van der Waals surface area contributed by atoms with Gasteiger partial charge in [-0.05, 0) is 20.8 Å². The summed E-state index contributed by atoms with van der Waals surface area (Å²) in [6, 6.07) is -0.705. The van der Waals surface area contributed by atoms with Crippen LogP contribution in [0.4, 0.5) is 9.59 Å². The summed E-state index contributed by atoms with van der Waals surface area (Å²) in [7, 11) is 0. The molecule has 0 fully saturated rings. The molecule has 0 bridgehead atoms. The number of nitrogens with two attached hydrogens (primary N) is 1. The molecule has 1 heterocycles. The fourth-order valence-electron chi connectivity index (χ4n) is 1.37. The molecule has 0 aromatic carbocycles. The van der Waals surface area contributed by atoms with Gasteiger partial charge in [0.2, 0.25) is 0 Å². The van der Waals surface area contributed by atoms with Crippen molar-refractivity contribution in [2.24, 2.45) is 5.73 Å². The average Bonchev–Trinajstić information content (AvgIpc) is 2.80. The zero-order chi connectivity index (χ0) is 16.0. The average molecular weight is 317 g/mol. The summed E-state index contributed by atoms with van der Waals surface area (Å²) in [6.07, 6.45) is -1.62. The van der Waals surface area contributed by atoms with Crippen molar-refractivity contribution in [1.29, 1.82) is 0 Å². The fraction of sp³-hybridized carbons (Fsp3) is 0.583. The van der Waals surface area contributed by atoms with Crippen molar-refractivity contribution >= 4 is 23.5 Å². The van der Waals surface area contributed by atoms with Crippen LogP contribution in [-0.2, 0) is 16.1 Å². The highest BCUT2D eigenvalue weighted by atomic mass is 32.1. The predicted octanol–water partition coefficient (Wildman–Crippen LogP) is 1.30. The first-order valence-electron chi connectivity index (χ1n) is 6.18. The predicted molar refractivity (Wildman–Crippen MR) is 75.7 cm³/mol. The molecule has 8 nitrogen and oxygen atoms in total. The molecule has 21 heavy (non-hydrogen) atoms. The lowest BCUT2D eigenvalue weighted by atomic mass is 10.2. The Balaban J connectivity index is 2.77. The van der Waals surface area contributed by atoms with Crippen molar-refractivity contribution < 1.29 is 24.2 Å². The van der Waals surface area contributed by atoms with Crippen LogP contribution >= 0.6 is 11.3 Å². The second-order valence-corrected chi connectivity index (χ2v) is 6.10. The second-order valence-electron chi connectivity index (χ2n) is 5.15. The lowest BCUT2D eigenvalue weighted by molar-refractivity contribution is 0.0471. The molecule has 0 saturated heterocycles. The Kier molecular flexibility index (Phi) is 5.91. The van der Waals surface area contributed by atoms with Crippen LogP contribution < -0.4 is 11.1 Å². The number of nitrogens with zero attached hydrogens (tertiary/aromatic N) is 1. The number of aromatic nitrogens is 1. The molecule has 9 heteroatoms. The topological polar surface area (TPSA) is 124 Å². The second kappa shape index (κ2) is 7.23. The zero-order valence-electron chi connectivity index (χ0n) is 12.1. The number of primary amides is 1. The maximum atomic E-state index is 11.8. The summed E-state index contributed by atoms with van der Waals surface area (Å²) in [5.41, 5.74) is 4.72. The molecule has 0 saturated carbocycles. The first-order chi connectivity index (χ1) is 9.71. The van der Waals surface area contributed by atoms with Gasteiger partial charge < -0.3 is 25.6 Å². The number of hydrogen-bond donors (Lipinski definition) is 3. The molecule has 2 amide bonds. The fourth-order valence-corrected chi connectivity index (χ4v) is 2.08. The van der Waals surface area contributed by atoms with E-state index in [1.807, 2.05) is 0 Å². The summed E-state index contributed by atoms with van der Waals surface area (Å²) in [5, 5.41) is 13.7. The molecule has 1 unspecified atom stereocenters. The number of carbonyl (C=O) groups excluding carboxylic acids is 2. The van der Waals surface area contributed by atoms with Crippen LogP contribution in [0.2, 0.25) is 0 Å². The third-order valence-corrected chi connectivity index (χ3v) is 3.00. The summed E-state index contributed by atoms with van der Waals surface area (Å²) in [4.78, 5) is 26.6. The van der Waals surface area contributed by atoms with E-state index in [-0.39, 0.29) is 13.2 Å². The first-order valence-corrected chi connectivity index (χ1v) is 7.06. The molecule has 0 spiro atoms. The molecule has 0 aliphatic rings. The van der Waals surface area contributed by atoms with Crippen LogP contribution in [0.1, 0.15) is 37.5 Å². The Hall–Kier alpha value is -1.87. The zero-order valence-corrected chi connectivity index (χ0v) is 12.9. The maximum absolute atomic E-state index is 11.8. The molecular formula is C12H19N3O5S. The number of alkyl carbamates (subject to hydrolysis) is 1. The molecule has 0 aliphatic heterocycles. The standard InChI is InChI=1S/C12H19N3O5S/c1-12(2,3)20-11(18)15-7(5-19-10(13)17)8-6-21-9(4-16)14-8/h6-7,16H,4-5H2,1-3H3,(H2,13,17)(H,15,18). The number of carbonyl (C=O) groups is 2. The van der Waals surface area contributed by atoms with E-state index >= 15 is 0 Å². The Bertz CT molecular complexity index is 497. The first kappa shape index (κ1) is 17.2. The normalized spacial score (nSPS) is 12.6. The van der Waals surface area contributed by atoms with Crippen molar-refractivity contribution in [3.8, 4) is 0 Å². The van der Waals surface area contributed by atoms with Crippen LogP contribution in [-0.4, -0.2) is 34.5 Å². The minimum absolute atomic E-state index is 0.177. The van der Waals surface area contributed by atoms with Gasteiger partial charge in [0.05, 0.1) is 12.3 Å². The third kappa shape index (κ3) is 6.41. The highest BCUT2D eigenvalue weighted by Crippen LogP contribution is 2.18. The van der Waals surface area contributed by atoms with Crippen LogP contribution in [0.5, 0.6) is 0 Å². The number of aliphatic hydroxyl groups excluding tert-OH is 1. The van der Waals surface area contributed by atoms with Crippen molar-refractivity contribution in [2.45, 2.75) is 39.0 Å². The quantitative estimate of drug-likeness (QED) is 0.752. The molecule has 1 aromatic rings. The molecule has 4 N–H and O–H groups in total. The molecule has 0 radical (unpaired) electrons. The SMILES string of the molecule is CC(C)(C)OC(=O)NC(COC(N)=O)c1csc(CO)n1. The number of thiazole rings is 1. The van der Waals surface area contributed by atoms with E-state index in [9.17, 15) is 9.59 Å². The van der Waals surface area contributed by atoms with Gasteiger partial charge in [-0.3, -0.25) is 0 Å². The third-order valence-electron chi connectivity index (χ3n) is 2.15. The van der Waals surface area contributed by atoms with E-state index in [2.05, 4.69) is 10.3 Å². The van der Waals surface area contributed by atoms with Gasteiger partial charge in [0.1, 0.15) is 23.3 Å². The monoisotopic (exact) mass is 317 g/mol. The molecule has 1 aromatic heterocycles. The van der Waals surface area contributed by atoms with Gasteiger partial charge in [-0.15, -0.1) is 11.3 Å². The van der Waals surface area contributed by atoms with Gasteiger partial charge >= 0.3 is 12.2 Å². The minimum atomic E-state index is -0.955. The summed E-state index contributed by atoms with van der Waals surface area (Å²) >= 11 is 1.23. The minimum Gasteiger partial charge on any atom is -0.447 e. The summed E-state index contributed by atoms with van der Waals surface area (Å²) in [6.45, 7) is 4.81. The highest BCUT2D eigenvalue weighted by Gasteiger charge is 2.23. The highest BCUT2D eigenvalue weighted by molar-refractivity contribution is 7.09. The van der Waals surface area contributed by atoms with E-state index in [1.54, 1.807) is 26.2 Å². The van der Waals surface area contributed by atoms with E-state index in [1.165, 1.54) is 11.3 Å². The summed E-state index contributed by atoms with van der Waals surface area (Å²) in [5.74, 6) is 0. The van der Waals surface area contributed by atoms with Crippen molar-refractivity contribution in [2.75, 3.05) is 6.61 Å². The number of nitrogens with one attached hydrogen (secondary N) is 1. The molecular weight excluding hydrogens is 298 g/mol. The number of ether oxygens (including phenoxy) is 2. The van der Waals surface area contributed by atoms with Gasteiger partial charge in [-0.2, -0.15) is 0 Å². The maximum Gasteiger partial charge on any atom is 0.408 e. The number of amides is 2. The van der Waals surface area contributed by atoms with E-state index in [4.69, 9.17) is 20.3 Å². The van der Waals surface area contributed by atoms with Gasteiger partial charge in [-0.25, -0.2) is 14.6 Å². The van der Waals surface area contributed by atoms with Crippen molar-refractivity contribution in [3.05, 3.63) is 16.1 Å². The summed E-state index contributed by atoms with van der Waals surface area (Å²) < 4.78 is 9.84. The van der Waals surface area contributed by atoms with Gasteiger partial charge in [-0.1, -0.05) is 0 Å². The van der Waals surface area contributed by atoms with Crippen LogP contribution in [0.15, 0.2) is 5.38 Å². The molecule has 118 valence electrons. The Labute approximate surface area is 126 Å².